The average Bonchev–Trinajstić information content (AvgIpc) is 2.38. The van der Waals surface area contributed by atoms with Crippen molar-refractivity contribution in [2.45, 2.75) is 32.6 Å². The van der Waals surface area contributed by atoms with Gasteiger partial charge in [-0.15, -0.1) is 0 Å². The van der Waals surface area contributed by atoms with Crippen molar-refractivity contribution < 1.29 is 4.79 Å². The molecule has 0 aliphatic carbocycles. The smallest absolute Gasteiger partial charge is 0.162 e. The lowest BCUT2D eigenvalue weighted by Gasteiger charge is -2.02. The van der Waals surface area contributed by atoms with Gasteiger partial charge >= 0.3 is 0 Å². The summed E-state index contributed by atoms with van der Waals surface area (Å²) in [5.74, 6) is 0.228. The van der Waals surface area contributed by atoms with Crippen LogP contribution in [0.2, 0.25) is 0 Å². The standard InChI is InChI=1S/C15H17NO/c1-2-3-4-7-15(17)13-9-8-12-6-5-10-16-14(12)11-13/h5-6,8-11H,2-4,7H2,1H3. The molecule has 0 saturated heterocycles. The molecule has 0 saturated carbocycles. The van der Waals surface area contributed by atoms with Crippen LogP contribution in [-0.4, -0.2) is 10.8 Å². The number of benzene rings is 1. The molecule has 1 heterocycles. The fourth-order valence-corrected chi connectivity index (χ4v) is 1.92. The molecule has 0 spiro atoms. The quantitative estimate of drug-likeness (QED) is 0.571. The van der Waals surface area contributed by atoms with Crippen LogP contribution in [-0.2, 0) is 0 Å². The molecule has 0 aliphatic heterocycles. The number of fused-ring (bicyclic) bond motifs is 1. The molecular formula is C15H17NO. The highest BCUT2D eigenvalue weighted by Gasteiger charge is 2.06. The van der Waals surface area contributed by atoms with Gasteiger partial charge in [-0.2, -0.15) is 0 Å². The van der Waals surface area contributed by atoms with E-state index >= 15 is 0 Å². The number of ketones is 1. The summed E-state index contributed by atoms with van der Waals surface area (Å²) in [5, 5.41) is 1.08. The van der Waals surface area contributed by atoms with Crippen LogP contribution in [0.25, 0.3) is 10.9 Å². The van der Waals surface area contributed by atoms with Crippen molar-refractivity contribution >= 4 is 16.7 Å². The molecule has 2 heteroatoms. The molecular weight excluding hydrogens is 210 g/mol. The van der Waals surface area contributed by atoms with E-state index in [0.717, 1.165) is 35.7 Å². The van der Waals surface area contributed by atoms with Crippen LogP contribution < -0.4 is 0 Å². The Bertz CT molecular complexity index is 519. The van der Waals surface area contributed by atoms with Gasteiger partial charge in [-0.1, -0.05) is 38.0 Å². The average molecular weight is 227 g/mol. The summed E-state index contributed by atoms with van der Waals surface area (Å²) in [7, 11) is 0. The summed E-state index contributed by atoms with van der Waals surface area (Å²) in [6.07, 6.45) is 5.65. The van der Waals surface area contributed by atoms with Crippen LogP contribution in [0.4, 0.5) is 0 Å². The molecule has 2 nitrogen and oxygen atoms in total. The van der Waals surface area contributed by atoms with Gasteiger partial charge in [0.15, 0.2) is 5.78 Å². The molecule has 2 aromatic rings. The first kappa shape index (κ1) is 11.8. The van der Waals surface area contributed by atoms with E-state index in [2.05, 4.69) is 11.9 Å². The molecule has 0 aliphatic rings. The van der Waals surface area contributed by atoms with E-state index in [4.69, 9.17) is 0 Å². The van der Waals surface area contributed by atoms with Gasteiger partial charge in [0.2, 0.25) is 0 Å². The predicted molar refractivity (Wildman–Crippen MR) is 70.2 cm³/mol. The third-order valence-corrected chi connectivity index (χ3v) is 2.94. The highest BCUT2D eigenvalue weighted by Crippen LogP contribution is 2.15. The summed E-state index contributed by atoms with van der Waals surface area (Å²) in [6.45, 7) is 2.14. The van der Waals surface area contributed by atoms with Crippen LogP contribution in [0.5, 0.6) is 0 Å². The first-order chi connectivity index (χ1) is 8.31. The van der Waals surface area contributed by atoms with Crippen LogP contribution >= 0.6 is 0 Å². The lowest BCUT2D eigenvalue weighted by molar-refractivity contribution is 0.0979. The lowest BCUT2D eigenvalue weighted by atomic mass is 10.0. The van der Waals surface area contributed by atoms with Gasteiger partial charge in [0.1, 0.15) is 0 Å². The molecule has 88 valence electrons. The normalized spacial score (nSPS) is 10.6. The summed E-state index contributed by atoms with van der Waals surface area (Å²) >= 11 is 0. The number of nitrogens with zero attached hydrogens (tertiary/aromatic N) is 1. The maximum Gasteiger partial charge on any atom is 0.162 e. The van der Waals surface area contributed by atoms with Gasteiger partial charge in [0.25, 0.3) is 0 Å². The summed E-state index contributed by atoms with van der Waals surface area (Å²) in [4.78, 5) is 16.2. The van der Waals surface area contributed by atoms with E-state index in [0.29, 0.717) is 6.42 Å². The second kappa shape index (κ2) is 5.58. The maximum absolute atomic E-state index is 11.9. The predicted octanol–water partition coefficient (Wildman–Crippen LogP) is 4.00. The van der Waals surface area contributed by atoms with Gasteiger partial charge in [0, 0.05) is 23.6 Å². The van der Waals surface area contributed by atoms with Gasteiger partial charge in [-0.05, 0) is 18.6 Å². The van der Waals surface area contributed by atoms with E-state index in [9.17, 15) is 4.79 Å². The molecule has 1 aromatic carbocycles. The van der Waals surface area contributed by atoms with Crippen molar-refractivity contribution in [1.29, 1.82) is 0 Å². The Morgan fingerprint density at radius 2 is 2.12 bits per heavy atom. The van der Waals surface area contributed by atoms with E-state index in [1.165, 1.54) is 0 Å². The number of carbonyl (C=O) groups excluding carboxylic acids is 1. The minimum absolute atomic E-state index is 0.228. The van der Waals surface area contributed by atoms with Crippen molar-refractivity contribution in [2.75, 3.05) is 0 Å². The monoisotopic (exact) mass is 227 g/mol. The van der Waals surface area contributed by atoms with E-state index < -0.39 is 0 Å². The largest absolute Gasteiger partial charge is 0.294 e. The van der Waals surface area contributed by atoms with Crippen molar-refractivity contribution in [2.24, 2.45) is 0 Å². The van der Waals surface area contributed by atoms with E-state index in [-0.39, 0.29) is 5.78 Å². The fraction of sp³-hybridized carbons (Fsp3) is 0.333. The first-order valence-electron chi connectivity index (χ1n) is 6.19. The second-order valence-electron chi connectivity index (χ2n) is 4.29. The maximum atomic E-state index is 11.9. The summed E-state index contributed by atoms with van der Waals surface area (Å²) < 4.78 is 0. The second-order valence-corrected chi connectivity index (χ2v) is 4.29. The Morgan fingerprint density at radius 1 is 1.24 bits per heavy atom. The Morgan fingerprint density at radius 3 is 2.94 bits per heavy atom. The third kappa shape index (κ3) is 2.90. The molecule has 0 bridgehead atoms. The number of aromatic nitrogens is 1. The van der Waals surface area contributed by atoms with Crippen LogP contribution in [0.1, 0.15) is 43.0 Å². The zero-order valence-electron chi connectivity index (χ0n) is 10.1. The number of rotatable bonds is 5. The number of pyridine rings is 1. The molecule has 0 unspecified atom stereocenters. The minimum Gasteiger partial charge on any atom is -0.294 e. The number of Topliss-reactive ketones (excluding diaryl/α,β-unsaturated/α-hetero) is 1. The van der Waals surface area contributed by atoms with Crippen LogP contribution in [0.3, 0.4) is 0 Å². The minimum atomic E-state index is 0.228. The Hall–Kier alpha value is -1.70. The van der Waals surface area contributed by atoms with Gasteiger partial charge in [-0.25, -0.2) is 0 Å². The zero-order valence-corrected chi connectivity index (χ0v) is 10.1. The number of carbonyl (C=O) groups is 1. The highest BCUT2D eigenvalue weighted by atomic mass is 16.1. The molecule has 0 amide bonds. The molecule has 1 aromatic heterocycles. The molecule has 0 N–H and O–H groups in total. The van der Waals surface area contributed by atoms with E-state index in [1.807, 2.05) is 30.3 Å². The van der Waals surface area contributed by atoms with E-state index in [1.54, 1.807) is 6.20 Å². The lowest BCUT2D eigenvalue weighted by Crippen LogP contribution is -1.98. The topological polar surface area (TPSA) is 30.0 Å². The molecule has 2 rings (SSSR count). The van der Waals surface area contributed by atoms with Crippen LogP contribution in [0.15, 0.2) is 36.5 Å². The molecule has 17 heavy (non-hydrogen) atoms. The number of hydrogen-bond donors (Lipinski definition) is 0. The Labute approximate surface area is 102 Å². The van der Waals surface area contributed by atoms with Gasteiger partial charge in [0.05, 0.1) is 5.52 Å². The summed E-state index contributed by atoms with van der Waals surface area (Å²) in [6, 6.07) is 9.68. The Kier molecular flexibility index (Phi) is 3.86. The zero-order chi connectivity index (χ0) is 12.1. The third-order valence-electron chi connectivity index (χ3n) is 2.94. The number of hydrogen-bond acceptors (Lipinski definition) is 2. The Balaban J connectivity index is 2.15. The van der Waals surface area contributed by atoms with Gasteiger partial charge < -0.3 is 0 Å². The van der Waals surface area contributed by atoms with Crippen molar-refractivity contribution in [3.63, 3.8) is 0 Å². The number of unbranched alkanes of at least 4 members (excludes halogenated alkanes) is 2. The van der Waals surface area contributed by atoms with Crippen molar-refractivity contribution in [3.8, 4) is 0 Å². The highest BCUT2D eigenvalue weighted by molar-refractivity contribution is 5.99. The molecule has 0 atom stereocenters. The van der Waals surface area contributed by atoms with Crippen molar-refractivity contribution in [3.05, 3.63) is 42.1 Å². The molecule has 0 fully saturated rings. The van der Waals surface area contributed by atoms with Crippen LogP contribution in [0, 0.1) is 0 Å². The van der Waals surface area contributed by atoms with Gasteiger partial charge in [-0.3, -0.25) is 9.78 Å². The van der Waals surface area contributed by atoms with Crippen molar-refractivity contribution in [1.82, 2.24) is 4.98 Å². The SMILES string of the molecule is CCCCCC(=O)c1ccc2cccnc2c1. The summed E-state index contributed by atoms with van der Waals surface area (Å²) in [5.41, 5.74) is 1.68. The molecule has 0 radical (unpaired) electrons. The first-order valence-corrected chi connectivity index (χ1v) is 6.19. The fourth-order valence-electron chi connectivity index (χ4n) is 1.92.